The van der Waals surface area contributed by atoms with Crippen LogP contribution in [0.25, 0.3) is 6.08 Å². The number of anilines is 1. The van der Waals surface area contributed by atoms with Crippen molar-refractivity contribution in [2.24, 2.45) is 0 Å². The van der Waals surface area contributed by atoms with Gasteiger partial charge in [0.05, 0.1) is 12.0 Å². The Hall–Kier alpha value is -1.58. The monoisotopic (exact) mass is 594 g/mol. The zero-order valence-corrected chi connectivity index (χ0v) is 24.3. The molecule has 0 saturated carbocycles. The summed E-state index contributed by atoms with van der Waals surface area (Å²) in [5.74, 6) is 0.784. The summed E-state index contributed by atoms with van der Waals surface area (Å²) in [6, 6.07) is 12.1. The van der Waals surface area contributed by atoms with Crippen LogP contribution in [0.2, 0.25) is 0 Å². The maximum Gasteiger partial charge on any atom is 2.00 e. The van der Waals surface area contributed by atoms with Crippen molar-refractivity contribution in [3.63, 3.8) is 0 Å². The Balaban J connectivity index is 0. The molecule has 0 bridgehead atoms. The summed E-state index contributed by atoms with van der Waals surface area (Å²) < 4.78 is 9.35. The number of nitro groups is 1. The van der Waals surface area contributed by atoms with Crippen LogP contribution < -0.4 is 10.1 Å². The number of methoxy groups -OCH3 is 1. The molecule has 0 aliphatic rings. The molecule has 0 aromatic heterocycles. The number of hydrogen-bond acceptors (Lipinski definition) is 8. The van der Waals surface area contributed by atoms with E-state index in [1.54, 1.807) is 37.1 Å². The maximum absolute atomic E-state index is 10.7. The summed E-state index contributed by atoms with van der Waals surface area (Å²) in [6.45, 7) is 15.3. The zero-order valence-electron chi connectivity index (χ0n) is 20.9. The van der Waals surface area contributed by atoms with Crippen LogP contribution in [-0.4, -0.2) is 46.7 Å². The second-order valence-corrected chi connectivity index (χ2v) is 7.92. The number of nitrogens with zero attached hydrogens (tertiary/aromatic N) is 3. The van der Waals surface area contributed by atoms with E-state index < -0.39 is 4.92 Å². The summed E-state index contributed by atoms with van der Waals surface area (Å²) in [4.78, 5) is 10.3. The van der Waals surface area contributed by atoms with Crippen molar-refractivity contribution >= 4 is 41.3 Å². The van der Waals surface area contributed by atoms with Crippen LogP contribution in [0.3, 0.4) is 0 Å². The van der Waals surface area contributed by atoms with Gasteiger partial charge in [-0.25, -0.2) is 6.08 Å². The van der Waals surface area contributed by atoms with Gasteiger partial charge in [-0.05, 0) is 50.4 Å². The van der Waals surface area contributed by atoms with Crippen LogP contribution in [0.4, 0.5) is 11.4 Å². The van der Waals surface area contributed by atoms with E-state index in [0.717, 1.165) is 23.5 Å². The zero-order chi connectivity index (χ0) is 25.2. The molecule has 0 unspecified atom stereocenters. The van der Waals surface area contributed by atoms with E-state index in [2.05, 4.69) is 40.0 Å². The molecule has 0 aliphatic carbocycles. The second kappa shape index (κ2) is 20.8. The average molecular weight is 594 g/mol. The summed E-state index contributed by atoms with van der Waals surface area (Å²) in [5.41, 5.74) is 2.49. The molecule has 1 N–H and O–H groups in total. The van der Waals surface area contributed by atoms with E-state index in [4.69, 9.17) is 11.3 Å². The molecule has 34 heavy (non-hydrogen) atoms. The summed E-state index contributed by atoms with van der Waals surface area (Å²) >= 11 is 3.44. The summed E-state index contributed by atoms with van der Waals surface area (Å²) in [7, 11) is 3.66. The van der Waals surface area contributed by atoms with Crippen LogP contribution in [0.15, 0.2) is 42.5 Å². The average Bonchev–Trinajstić information content (AvgIpc) is 2.87. The summed E-state index contributed by atoms with van der Waals surface area (Å²) in [6.07, 6.45) is 5.51. The fraction of sp³-hybridized carbons (Fsp3) is 0.375. The van der Waals surface area contributed by atoms with Crippen molar-refractivity contribution in [1.82, 2.24) is 8.61 Å². The predicted octanol–water partition coefficient (Wildman–Crippen LogP) is 6.60. The molecule has 10 heteroatoms. The van der Waals surface area contributed by atoms with Crippen molar-refractivity contribution in [2.75, 3.05) is 38.5 Å². The fourth-order valence-corrected chi connectivity index (χ4v) is 3.17. The summed E-state index contributed by atoms with van der Waals surface area (Å²) in [5, 5.41) is 14.0. The van der Waals surface area contributed by atoms with Crippen LogP contribution in [-0.2, 0) is 26.0 Å². The quantitative estimate of drug-likeness (QED) is 0.103. The predicted molar refractivity (Wildman–Crippen MR) is 145 cm³/mol. The van der Waals surface area contributed by atoms with E-state index in [0.29, 0.717) is 12.1 Å². The number of nitro benzene ring substituents is 1. The van der Waals surface area contributed by atoms with E-state index in [1.165, 1.54) is 18.2 Å². The minimum atomic E-state index is -0.437. The molecule has 0 aliphatic heterocycles. The van der Waals surface area contributed by atoms with E-state index in [9.17, 15) is 10.1 Å². The molecule has 0 fully saturated rings. The number of nitrogens with one attached hydrogen (secondary N) is 1. The molecular formula is C24H36N4O3RuS2. The first-order chi connectivity index (χ1) is 15.9. The van der Waals surface area contributed by atoms with Crippen molar-refractivity contribution in [2.45, 2.75) is 27.3 Å². The van der Waals surface area contributed by atoms with Gasteiger partial charge in [0.1, 0.15) is 5.75 Å². The van der Waals surface area contributed by atoms with E-state index in [-0.39, 0.29) is 25.2 Å². The molecule has 7 nitrogen and oxygen atoms in total. The maximum atomic E-state index is 10.7. The van der Waals surface area contributed by atoms with Gasteiger partial charge in [-0.15, -0.1) is 29.5 Å². The molecule has 2 aromatic rings. The van der Waals surface area contributed by atoms with Gasteiger partial charge in [0.15, 0.2) is 0 Å². The van der Waals surface area contributed by atoms with Crippen molar-refractivity contribution in [3.8, 4) is 5.75 Å². The SMILES string of the molecule is CC.CCN([CH-]N(C)SC)SC.[CH-]=Cc1cc([N+](=O)[O-])ccc1CNc1ccc(OC)cc1.[Ru+2]. The Bertz CT molecular complexity index is 822. The largest absolute Gasteiger partial charge is 2.00 e. The number of non-ortho nitro benzene ring substituents is 1. The molecule has 0 spiro atoms. The standard InChI is InChI=1S/C16H15N2O3.C6H15N2S2.C2H6.Ru/c1-3-12-10-15(18(19)20)7-4-13(12)11-17-14-5-8-16(21-2)9-6-14;1-5-8(10-4)6-7(2)9-3;1-2;/h1,3-10,17H,11H2,2H3;6H,5H2,1-4H3;1-2H3;/q2*-1;;+2. The normalized spacial score (nSPS) is 9.68. The minimum Gasteiger partial charge on any atom is -0.497 e. The molecule has 2 rings (SSSR count). The Morgan fingerprint density at radius 2 is 1.79 bits per heavy atom. The molecule has 0 saturated heterocycles. The number of ether oxygens (including phenoxy) is 1. The third-order valence-electron chi connectivity index (χ3n) is 4.22. The van der Waals surface area contributed by atoms with Crippen LogP contribution in [0.1, 0.15) is 31.9 Å². The first-order valence-corrected chi connectivity index (χ1v) is 12.9. The van der Waals surface area contributed by atoms with E-state index >= 15 is 0 Å². The fourth-order valence-electron chi connectivity index (χ4n) is 2.40. The number of hydrogen-bond donors (Lipinski definition) is 1. The van der Waals surface area contributed by atoms with Crippen molar-refractivity contribution in [1.29, 1.82) is 0 Å². The third-order valence-corrected chi connectivity index (χ3v) is 5.71. The van der Waals surface area contributed by atoms with Gasteiger partial charge in [0.25, 0.3) is 5.69 Å². The van der Waals surface area contributed by atoms with Crippen molar-refractivity contribution in [3.05, 3.63) is 77.0 Å². The smallest absolute Gasteiger partial charge is 0.497 e. The number of benzene rings is 2. The third kappa shape index (κ3) is 13.3. The van der Waals surface area contributed by atoms with Crippen LogP contribution >= 0.6 is 23.9 Å². The number of rotatable bonds is 11. The van der Waals surface area contributed by atoms with E-state index in [1.807, 2.05) is 45.2 Å². The van der Waals surface area contributed by atoms with Gasteiger partial charge in [-0.2, -0.15) is 12.2 Å². The Morgan fingerprint density at radius 1 is 1.18 bits per heavy atom. The van der Waals surface area contributed by atoms with Gasteiger partial charge in [0.2, 0.25) is 0 Å². The van der Waals surface area contributed by atoms with Gasteiger partial charge in [-0.1, -0.05) is 32.9 Å². The Morgan fingerprint density at radius 3 is 2.24 bits per heavy atom. The van der Waals surface area contributed by atoms with Gasteiger partial charge >= 0.3 is 19.5 Å². The molecule has 190 valence electrons. The molecule has 0 atom stereocenters. The topological polar surface area (TPSA) is 70.9 Å². The molecule has 2 aromatic carbocycles. The van der Waals surface area contributed by atoms with Crippen LogP contribution in [0, 0.1) is 23.4 Å². The van der Waals surface area contributed by atoms with Crippen molar-refractivity contribution < 1.29 is 29.1 Å². The van der Waals surface area contributed by atoms with Gasteiger partial charge in [0, 0.05) is 18.3 Å². The minimum absolute atomic E-state index is 0. The molecule has 0 heterocycles. The first kappa shape index (κ1) is 34.6. The first-order valence-electron chi connectivity index (χ1n) is 10.5. The Kier molecular flexibility index (Phi) is 21.1. The molecule has 0 amide bonds. The van der Waals surface area contributed by atoms with Gasteiger partial charge in [-0.3, -0.25) is 16.7 Å². The molecular weight excluding hydrogens is 557 g/mol. The van der Waals surface area contributed by atoms with Crippen LogP contribution in [0.5, 0.6) is 5.75 Å². The second-order valence-electron chi connectivity index (χ2n) is 6.15. The Labute approximate surface area is 226 Å². The van der Waals surface area contributed by atoms with Gasteiger partial charge < -0.3 is 18.7 Å². The molecule has 0 radical (unpaired) electrons.